The smallest absolute Gasteiger partial charge is 0.416 e. The Hall–Kier alpha value is -1.72. The van der Waals surface area contributed by atoms with E-state index in [1.165, 1.54) is 12.1 Å². The van der Waals surface area contributed by atoms with Gasteiger partial charge in [0, 0.05) is 6.42 Å². The maximum atomic E-state index is 12.3. The highest BCUT2D eigenvalue weighted by atomic mass is 19.4. The van der Waals surface area contributed by atoms with Gasteiger partial charge in [0.15, 0.2) is 0 Å². The van der Waals surface area contributed by atoms with Crippen molar-refractivity contribution < 1.29 is 27.8 Å². The lowest BCUT2D eigenvalue weighted by Gasteiger charge is -2.14. The summed E-state index contributed by atoms with van der Waals surface area (Å²) in [5.41, 5.74) is -0.743. The van der Waals surface area contributed by atoms with Gasteiger partial charge in [0.05, 0.1) is 11.7 Å². The summed E-state index contributed by atoms with van der Waals surface area (Å²) in [4.78, 5) is 10.3. The second-order valence-corrected chi connectivity index (χ2v) is 3.88. The van der Waals surface area contributed by atoms with Crippen molar-refractivity contribution in [2.75, 3.05) is 0 Å². The van der Waals surface area contributed by atoms with Crippen molar-refractivity contribution in [1.82, 2.24) is 0 Å². The average Bonchev–Trinajstić information content (AvgIpc) is 2.26. The van der Waals surface area contributed by atoms with Gasteiger partial charge >= 0.3 is 12.1 Å². The quantitative estimate of drug-likeness (QED) is 0.885. The first-order valence-electron chi connectivity index (χ1n) is 5.35. The van der Waals surface area contributed by atoms with Gasteiger partial charge in [-0.1, -0.05) is 0 Å². The Bertz CT molecular complexity index is 398. The van der Waals surface area contributed by atoms with Crippen molar-refractivity contribution in [3.8, 4) is 5.75 Å². The van der Waals surface area contributed by atoms with E-state index < -0.39 is 17.7 Å². The van der Waals surface area contributed by atoms with Crippen LogP contribution in [-0.4, -0.2) is 17.2 Å². The molecule has 0 radical (unpaired) electrons. The zero-order valence-electron chi connectivity index (χ0n) is 9.70. The number of hydrogen-bond donors (Lipinski definition) is 1. The topological polar surface area (TPSA) is 46.5 Å². The zero-order valence-corrected chi connectivity index (χ0v) is 9.70. The van der Waals surface area contributed by atoms with E-state index >= 15 is 0 Å². The molecule has 1 N–H and O–H groups in total. The van der Waals surface area contributed by atoms with Crippen molar-refractivity contribution in [2.24, 2.45) is 0 Å². The number of benzene rings is 1. The van der Waals surface area contributed by atoms with E-state index in [9.17, 15) is 18.0 Å². The molecule has 1 unspecified atom stereocenters. The van der Waals surface area contributed by atoms with Crippen molar-refractivity contribution in [3.05, 3.63) is 29.8 Å². The molecule has 6 heteroatoms. The van der Waals surface area contributed by atoms with E-state index in [0.717, 1.165) is 12.1 Å². The molecule has 18 heavy (non-hydrogen) atoms. The largest absolute Gasteiger partial charge is 0.491 e. The molecule has 1 rings (SSSR count). The lowest BCUT2D eigenvalue weighted by Crippen LogP contribution is -2.14. The van der Waals surface area contributed by atoms with E-state index in [-0.39, 0.29) is 12.5 Å². The number of hydrogen-bond acceptors (Lipinski definition) is 2. The number of carboxylic acids is 1. The van der Waals surface area contributed by atoms with Crippen LogP contribution in [0.3, 0.4) is 0 Å². The van der Waals surface area contributed by atoms with Crippen LogP contribution in [0.4, 0.5) is 13.2 Å². The summed E-state index contributed by atoms with van der Waals surface area (Å²) in [7, 11) is 0. The molecule has 0 amide bonds. The van der Waals surface area contributed by atoms with Crippen LogP contribution in [0, 0.1) is 0 Å². The summed E-state index contributed by atoms with van der Waals surface area (Å²) in [5.74, 6) is -0.640. The van der Waals surface area contributed by atoms with E-state index in [1.807, 2.05) is 0 Å². The molecular weight excluding hydrogens is 249 g/mol. The van der Waals surface area contributed by atoms with Crippen LogP contribution in [0.15, 0.2) is 24.3 Å². The van der Waals surface area contributed by atoms with Gasteiger partial charge in [-0.05, 0) is 37.6 Å². The number of carbonyl (C=O) groups is 1. The fourth-order valence-corrected chi connectivity index (χ4v) is 1.34. The third kappa shape index (κ3) is 4.65. The molecule has 0 bridgehead atoms. The molecule has 0 fully saturated rings. The number of ether oxygens (including phenoxy) is 1. The molecule has 0 aromatic heterocycles. The number of rotatable bonds is 5. The standard InChI is InChI=1S/C12H13F3O3/c1-8(2-7-11(16)17)18-10-5-3-9(4-6-10)12(13,14)15/h3-6,8H,2,7H2,1H3,(H,16,17). The number of halogens is 3. The maximum Gasteiger partial charge on any atom is 0.416 e. The van der Waals surface area contributed by atoms with Crippen molar-refractivity contribution in [2.45, 2.75) is 32.0 Å². The van der Waals surface area contributed by atoms with Gasteiger partial charge in [-0.3, -0.25) is 4.79 Å². The summed E-state index contributed by atoms with van der Waals surface area (Å²) in [6.45, 7) is 1.67. The Labute approximate surface area is 102 Å². The van der Waals surface area contributed by atoms with E-state index in [0.29, 0.717) is 12.2 Å². The Morgan fingerprint density at radius 3 is 2.33 bits per heavy atom. The number of aliphatic carboxylic acids is 1. The van der Waals surface area contributed by atoms with Crippen LogP contribution in [0.25, 0.3) is 0 Å². The zero-order chi connectivity index (χ0) is 13.8. The lowest BCUT2D eigenvalue weighted by atomic mass is 10.2. The Balaban J connectivity index is 2.56. The Morgan fingerprint density at radius 1 is 1.33 bits per heavy atom. The lowest BCUT2D eigenvalue weighted by molar-refractivity contribution is -0.138. The number of carboxylic acid groups (broad SMARTS) is 1. The summed E-state index contributed by atoms with van der Waals surface area (Å²) >= 11 is 0. The Morgan fingerprint density at radius 2 is 1.89 bits per heavy atom. The van der Waals surface area contributed by atoms with Gasteiger partial charge in [0.25, 0.3) is 0 Å². The highest BCUT2D eigenvalue weighted by Gasteiger charge is 2.30. The predicted octanol–water partition coefficient (Wildman–Crippen LogP) is 3.34. The van der Waals surface area contributed by atoms with Crippen molar-refractivity contribution in [3.63, 3.8) is 0 Å². The van der Waals surface area contributed by atoms with Gasteiger partial charge in [0.1, 0.15) is 5.75 Å². The van der Waals surface area contributed by atoms with Crippen LogP contribution in [0.2, 0.25) is 0 Å². The van der Waals surface area contributed by atoms with Gasteiger partial charge in [-0.15, -0.1) is 0 Å². The molecule has 0 aliphatic heterocycles. The van der Waals surface area contributed by atoms with Gasteiger partial charge in [-0.25, -0.2) is 0 Å². The molecule has 0 saturated heterocycles. The highest BCUT2D eigenvalue weighted by Crippen LogP contribution is 2.30. The van der Waals surface area contributed by atoms with Crippen molar-refractivity contribution >= 4 is 5.97 Å². The molecule has 3 nitrogen and oxygen atoms in total. The third-order valence-corrected chi connectivity index (χ3v) is 2.28. The van der Waals surface area contributed by atoms with Crippen LogP contribution < -0.4 is 4.74 Å². The van der Waals surface area contributed by atoms with Gasteiger partial charge in [-0.2, -0.15) is 13.2 Å². The minimum absolute atomic E-state index is 0.0399. The van der Waals surface area contributed by atoms with Crippen LogP contribution >= 0.6 is 0 Å². The van der Waals surface area contributed by atoms with Gasteiger partial charge in [0.2, 0.25) is 0 Å². The van der Waals surface area contributed by atoms with E-state index in [4.69, 9.17) is 9.84 Å². The molecule has 0 aliphatic rings. The monoisotopic (exact) mass is 262 g/mol. The highest BCUT2D eigenvalue weighted by molar-refractivity contribution is 5.66. The van der Waals surface area contributed by atoms with Crippen molar-refractivity contribution in [1.29, 1.82) is 0 Å². The van der Waals surface area contributed by atoms with Gasteiger partial charge < -0.3 is 9.84 Å². The molecule has 0 aliphatic carbocycles. The third-order valence-electron chi connectivity index (χ3n) is 2.28. The molecule has 100 valence electrons. The molecule has 0 heterocycles. The summed E-state index contributed by atoms with van der Waals surface area (Å²) in [6.07, 6.45) is -4.47. The molecule has 1 aromatic rings. The first-order chi connectivity index (χ1) is 8.29. The maximum absolute atomic E-state index is 12.3. The fraction of sp³-hybridized carbons (Fsp3) is 0.417. The molecule has 0 spiro atoms. The van der Waals surface area contributed by atoms with E-state index in [1.54, 1.807) is 6.92 Å². The van der Waals surface area contributed by atoms with E-state index in [2.05, 4.69) is 0 Å². The van der Waals surface area contributed by atoms with Crippen LogP contribution in [-0.2, 0) is 11.0 Å². The first kappa shape index (κ1) is 14.3. The summed E-state index contributed by atoms with van der Waals surface area (Å²) < 4.78 is 42.2. The summed E-state index contributed by atoms with van der Waals surface area (Å²) in [6, 6.07) is 4.30. The molecular formula is C12H13F3O3. The fourth-order valence-electron chi connectivity index (χ4n) is 1.34. The van der Waals surface area contributed by atoms with Crippen LogP contribution in [0.1, 0.15) is 25.3 Å². The molecule has 1 atom stereocenters. The number of alkyl halides is 3. The minimum Gasteiger partial charge on any atom is -0.491 e. The molecule has 0 saturated carbocycles. The second kappa shape index (κ2) is 5.75. The molecule has 1 aromatic carbocycles. The predicted molar refractivity (Wildman–Crippen MR) is 58.4 cm³/mol. The van der Waals surface area contributed by atoms with Crippen LogP contribution in [0.5, 0.6) is 5.75 Å². The minimum atomic E-state index is -4.37. The average molecular weight is 262 g/mol. The first-order valence-corrected chi connectivity index (χ1v) is 5.35. The second-order valence-electron chi connectivity index (χ2n) is 3.88. The summed E-state index contributed by atoms with van der Waals surface area (Å²) in [5, 5.41) is 8.47. The Kier molecular flexibility index (Phi) is 4.58. The normalized spacial score (nSPS) is 13.1. The SMILES string of the molecule is CC(CCC(=O)O)Oc1ccc(C(F)(F)F)cc1.